The molecule has 10 heteroatoms. The van der Waals surface area contributed by atoms with Crippen LogP contribution < -0.4 is 21.7 Å². The van der Waals surface area contributed by atoms with Crippen molar-refractivity contribution in [1.29, 1.82) is 0 Å². The van der Waals surface area contributed by atoms with Gasteiger partial charge in [0.15, 0.2) is 0 Å². The van der Waals surface area contributed by atoms with Crippen molar-refractivity contribution in [3.8, 4) is 0 Å². The van der Waals surface area contributed by atoms with Crippen molar-refractivity contribution < 1.29 is 24.3 Å². The standard InChI is InChI=1S/C18H34N4O5S/c1-9(2)13(21-15(23)11(5)19)17(25)20-12(7-8-28-6)16(24)22-14(10(3)4)18(26)27/h9-14H,7-8,19H2,1-6H3,(H,20,25)(H,21,23)(H,22,24)(H,26,27). The van der Waals surface area contributed by atoms with Gasteiger partial charge >= 0.3 is 5.97 Å². The molecule has 9 nitrogen and oxygen atoms in total. The van der Waals surface area contributed by atoms with E-state index in [1.807, 2.05) is 6.26 Å². The maximum atomic E-state index is 12.7. The summed E-state index contributed by atoms with van der Waals surface area (Å²) in [7, 11) is 0. The largest absolute Gasteiger partial charge is 0.480 e. The average Bonchev–Trinajstić information content (AvgIpc) is 2.59. The number of rotatable bonds is 12. The van der Waals surface area contributed by atoms with Gasteiger partial charge < -0.3 is 26.8 Å². The Bertz CT molecular complexity index is 554. The van der Waals surface area contributed by atoms with Crippen LogP contribution in [0.15, 0.2) is 0 Å². The second-order valence-electron chi connectivity index (χ2n) is 7.43. The normalized spacial score (nSPS) is 15.5. The van der Waals surface area contributed by atoms with Crippen LogP contribution in [0.5, 0.6) is 0 Å². The van der Waals surface area contributed by atoms with E-state index in [1.165, 1.54) is 18.7 Å². The van der Waals surface area contributed by atoms with Gasteiger partial charge in [-0.25, -0.2) is 4.79 Å². The molecule has 0 aromatic rings. The lowest BCUT2D eigenvalue weighted by atomic mass is 10.0. The molecule has 0 saturated heterocycles. The van der Waals surface area contributed by atoms with Crippen molar-refractivity contribution >= 4 is 35.5 Å². The Balaban J connectivity index is 5.32. The van der Waals surface area contributed by atoms with Crippen LogP contribution >= 0.6 is 11.8 Å². The van der Waals surface area contributed by atoms with Crippen molar-refractivity contribution in [2.75, 3.05) is 12.0 Å². The van der Waals surface area contributed by atoms with Crippen LogP contribution in [0.3, 0.4) is 0 Å². The number of hydrogen-bond acceptors (Lipinski definition) is 6. The van der Waals surface area contributed by atoms with Crippen LogP contribution in [0.25, 0.3) is 0 Å². The second-order valence-corrected chi connectivity index (χ2v) is 8.42. The van der Waals surface area contributed by atoms with Gasteiger partial charge in [-0.2, -0.15) is 11.8 Å². The third-order valence-electron chi connectivity index (χ3n) is 4.13. The van der Waals surface area contributed by atoms with E-state index in [2.05, 4.69) is 16.0 Å². The Kier molecular flexibility index (Phi) is 11.8. The molecule has 28 heavy (non-hydrogen) atoms. The highest BCUT2D eigenvalue weighted by atomic mass is 32.2. The predicted molar refractivity (Wildman–Crippen MR) is 110 cm³/mol. The first-order chi connectivity index (χ1) is 12.9. The third-order valence-corrected chi connectivity index (χ3v) is 4.78. The summed E-state index contributed by atoms with van der Waals surface area (Å²) < 4.78 is 0. The van der Waals surface area contributed by atoms with E-state index in [-0.39, 0.29) is 11.8 Å². The summed E-state index contributed by atoms with van der Waals surface area (Å²) in [5.41, 5.74) is 5.54. The van der Waals surface area contributed by atoms with E-state index in [4.69, 9.17) is 5.73 Å². The van der Waals surface area contributed by atoms with Gasteiger partial charge in [-0.15, -0.1) is 0 Å². The highest BCUT2D eigenvalue weighted by Crippen LogP contribution is 2.08. The van der Waals surface area contributed by atoms with E-state index in [9.17, 15) is 24.3 Å². The zero-order valence-electron chi connectivity index (χ0n) is 17.4. The van der Waals surface area contributed by atoms with Crippen LogP contribution in [-0.4, -0.2) is 65.0 Å². The van der Waals surface area contributed by atoms with E-state index in [1.54, 1.807) is 27.7 Å². The molecule has 0 aliphatic carbocycles. The summed E-state index contributed by atoms with van der Waals surface area (Å²) in [6.45, 7) is 8.42. The Labute approximate surface area is 170 Å². The number of carboxylic acids is 1. The molecule has 0 aliphatic heterocycles. The molecule has 0 aromatic carbocycles. The summed E-state index contributed by atoms with van der Waals surface area (Å²) in [5, 5.41) is 17.0. The van der Waals surface area contributed by atoms with E-state index in [0.717, 1.165) is 0 Å². The zero-order chi connectivity index (χ0) is 22.0. The molecule has 3 amide bonds. The van der Waals surface area contributed by atoms with Crippen LogP contribution in [0.2, 0.25) is 0 Å². The molecule has 0 radical (unpaired) electrons. The number of nitrogens with one attached hydrogen (secondary N) is 3. The molecular weight excluding hydrogens is 384 g/mol. The van der Waals surface area contributed by atoms with Crippen molar-refractivity contribution in [2.24, 2.45) is 17.6 Å². The number of carbonyl (C=O) groups is 4. The molecule has 0 heterocycles. The van der Waals surface area contributed by atoms with Crippen LogP contribution in [0, 0.1) is 11.8 Å². The molecule has 4 atom stereocenters. The van der Waals surface area contributed by atoms with Crippen LogP contribution in [0.4, 0.5) is 0 Å². The Hall–Kier alpha value is -1.81. The maximum absolute atomic E-state index is 12.7. The monoisotopic (exact) mass is 418 g/mol. The molecule has 162 valence electrons. The molecule has 0 fully saturated rings. The molecule has 0 aromatic heterocycles. The van der Waals surface area contributed by atoms with E-state index >= 15 is 0 Å². The minimum Gasteiger partial charge on any atom is -0.480 e. The molecule has 0 rings (SSSR count). The topological polar surface area (TPSA) is 151 Å². The lowest BCUT2D eigenvalue weighted by molar-refractivity contribution is -0.143. The molecule has 6 N–H and O–H groups in total. The first-order valence-corrected chi connectivity index (χ1v) is 10.7. The Morgan fingerprint density at radius 3 is 1.75 bits per heavy atom. The van der Waals surface area contributed by atoms with E-state index < -0.39 is 47.9 Å². The number of aliphatic carboxylic acids is 1. The molecule has 0 aliphatic rings. The summed E-state index contributed by atoms with van der Waals surface area (Å²) in [5.74, 6) is -2.63. The fourth-order valence-corrected chi connectivity index (χ4v) is 2.82. The first kappa shape index (κ1) is 26.2. The fourth-order valence-electron chi connectivity index (χ4n) is 2.35. The molecular formula is C18H34N4O5S. The van der Waals surface area contributed by atoms with Gasteiger partial charge in [-0.3, -0.25) is 14.4 Å². The Morgan fingerprint density at radius 2 is 1.36 bits per heavy atom. The van der Waals surface area contributed by atoms with Gasteiger partial charge in [0.2, 0.25) is 17.7 Å². The van der Waals surface area contributed by atoms with Crippen LogP contribution in [-0.2, 0) is 19.2 Å². The lowest BCUT2D eigenvalue weighted by Crippen LogP contribution is -2.58. The zero-order valence-corrected chi connectivity index (χ0v) is 18.3. The SMILES string of the molecule is CSCCC(NC(=O)C(NC(=O)C(C)N)C(C)C)C(=O)NC(C(=O)O)C(C)C. The van der Waals surface area contributed by atoms with Crippen molar-refractivity contribution in [2.45, 2.75) is 65.2 Å². The van der Waals surface area contributed by atoms with Gasteiger partial charge in [0.1, 0.15) is 18.1 Å². The molecule has 0 spiro atoms. The van der Waals surface area contributed by atoms with Crippen LogP contribution in [0.1, 0.15) is 41.0 Å². The third kappa shape index (κ3) is 8.92. The number of hydrogen-bond donors (Lipinski definition) is 5. The minimum absolute atomic E-state index is 0.227. The van der Waals surface area contributed by atoms with Gasteiger partial charge in [-0.1, -0.05) is 27.7 Å². The first-order valence-electron chi connectivity index (χ1n) is 9.30. The smallest absolute Gasteiger partial charge is 0.326 e. The number of carboxylic acid groups (broad SMARTS) is 1. The van der Waals surface area contributed by atoms with Gasteiger partial charge in [-0.05, 0) is 37.2 Å². The fraction of sp³-hybridized carbons (Fsp3) is 0.778. The molecule has 0 saturated carbocycles. The molecule has 4 unspecified atom stereocenters. The summed E-state index contributed by atoms with van der Waals surface area (Å²) in [6.07, 6.45) is 2.19. The number of thioether (sulfide) groups is 1. The number of carbonyl (C=O) groups excluding carboxylic acids is 3. The highest BCUT2D eigenvalue weighted by Gasteiger charge is 2.31. The Morgan fingerprint density at radius 1 is 0.857 bits per heavy atom. The van der Waals surface area contributed by atoms with Gasteiger partial charge in [0.05, 0.1) is 6.04 Å². The maximum Gasteiger partial charge on any atom is 0.326 e. The van der Waals surface area contributed by atoms with Crippen molar-refractivity contribution in [3.05, 3.63) is 0 Å². The minimum atomic E-state index is -1.14. The van der Waals surface area contributed by atoms with Crippen molar-refractivity contribution in [1.82, 2.24) is 16.0 Å². The highest BCUT2D eigenvalue weighted by molar-refractivity contribution is 7.98. The average molecular weight is 419 g/mol. The molecule has 0 bridgehead atoms. The summed E-state index contributed by atoms with van der Waals surface area (Å²) >= 11 is 1.50. The summed E-state index contributed by atoms with van der Waals surface area (Å²) in [6, 6.07) is -3.59. The van der Waals surface area contributed by atoms with Crippen molar-refractivity contribution in [3.63, 3.8) is 0 Å². The van der Waals surface area contributed by atoms with Gasteiger partial charge in [0.25, 0.3) is 0 Å². The van der Waals surface area contributed by atoms with E-state index in [0.29, 0.717) is 12.2 Å². The number of amides is 3. The summed E-state index contributed by atoms with van der Waals surface area (Å²) in [4.78, 5) is 48.6. The van der Waals surface area contributed by atoms with Gasteiger partial charge in [0, 0.05) is 0 Å². The lowest BCUT2D eigenvalue weighted by Gasteiger charge is -2.27. The second kappa shape index (κ2) is 12.6. The number of nitrogens with two attached hydrogens (primary N) is 1. The quantitative estimate of drug-likeness (QED) is 0.298. The predicted octanol–water partition coefficient (Wildman–Crippen LogP) is -0.0623.